The second-order valence-electron chi connectivity index (χ2n) is 7.78. The van der Waals surface area contributed by atoms with Crippen LogP contribution in [0.15, 0.2) is 29.1 Å². The number of piperidine rings is 1. The summed E-state index contributed by atoms with van der Waals surface area (Å²) in [5.74, 6) is 0.376. The summed E-state index contributed by atoms with van der Waals surface area (Å²) >= 11 is 0. The summed E-state index contributed by atoms with van der Waals surface area (Å²) in [5.41, 5.74) is 1.06. The fourth-order valence-electron chi connectivity index (χ4n) is 3.86. The van der Waals surface area contributed by atoms with Gasteiger partial charge in [0.25, 0.3) is 5.56 Å². The summed E-state index contributed by atoms with van der Waals surface area (Å²) < 4.78 is 14.7. The van der Waals surface area contributed by atoms with E-state index in [9.17, 15) is 14.0 Å². The number of nitrogens with zero attached hydrogens (tertiary/aromatic N) is 5. The number of benzene rings is 1. The summed E-state index contributed by atoms with van der Waals surface area (Å²) in [6.45, 7) is 3.70. The molecule has 1 atom stereocenters. The average Bonchev–Trinajstić information content (AvgIpc) is 3.17. The maximum Gasteiger partial charge on any atom is 0.281 e. The van der Waals surface area contributed by atoms with E-state index in [-0.39, 0.29) is 28.7 Å². The van der Waals surface area contributed by atoms with Crippen LogP contribution in [0.25, 0.3) is 11.2 Å². The van der Waals surface area contributed by atoms with Crippen molar-refractivity contribution in [1.29, 1.82) is 0 Å². The molecule has 158 valence electrons. The maximum absolute atomic E-state index is 13.2. The first-order chi connectivity index (χ1) is 14.5. The first kappa shape index (κ1) is 20.2. The number of hydrogen-bond donors (Lipinski definition) is 1. The number of hydrogen-bond acceptors (Lipinski definition) is 5. The first-order valence-electron chi connectivity index (χ1n) is 10.4. The van der Waals surface area contributed by atoms with Crippen molar-refractivity contribution in [2.45, 2.75) is 51.5 Å². The molecule has 0 saturated carbocycles. The van der Waals surface area contributed by atoms with Gasteiger partial charge in [-0.25, -0.2) is 14.1 Å². The molecule has 0 spiro atoms. The van der Waals surface area contributed by atoms with E-state index in [1.54, 1.807) is 16.8 Å². The fourth-order valence-corrected chi connectivity index (χ4v) is 3.86. The van der Waals surface area contributed by atoms with Crippen LogP contribution in [0.4, 0.5) is 4.39 Å². The summed E-state index contributed by atoms with van der Waals surface area (Å²) in [6, 6.07) is 6.09. The Balaban J connectivity index is 1.59. The molecule has 0 radical (unpaired) electrons. The number of carbonyl (C=O) groups is 1. The zero-order valence-corrected chi connectivity index (χ0v) is 17.0. The van der Waals surface area contributed by atoms with E-state index < -0.39 is 0 Å². The highest BCUT2D eigenvalue weighted by Crippen LogP contribution is 2.25. The van der Waals surface area contributed by atoms with E-state index >= 15 is 0 Å². The van der Waals surface area contributed by atoms with E-state index in [2.05, 4.69) is 27.2 Å². The molecule has 0 unspecified atom stereocenters. The number of unbranched alkanes of at least 4 members (excludes halogenated alkanes) is 1. The standard InChI is InChI=1S/C21H25FN6O2/c1-2-3-6-17(29)27-11-4-5-15(13-27)19-23-20-18(21(30)24-19)25-26-28(20)12-14-7-9-16(22)10-8-14/h7-10,15H,2-6,11-13H2,1H3,(H,23,24,30)/t15-/m0/s1. The lowest BCUT2D eigenvalue weighted by molar-refractivity contribution is -0.132. The molecule has 8 nitrogen and oxygen atoms in total. The normalized spacial score (nSPS) is 16.9. The predicted molar refractivity (Wildman–Crippen MR) is 110 cm³/mol. The van der Waals surface area contributed by atoms with Crippen molar-refractivity contribution in [1.82, 2.24) is 29.9 Å². The molecule has 0 aliphatic carbocycles. The maximum atomic E-state index is 13.2. The zero-order valence-electron chi connectivity index (χ0n) is 17.0. The van der Waals surface area contributed by atoms with E-state index in [0.29, 0.717) is 31.0 Å². The van der Waals surface area contributed by atoms with Crippen molar-refractivity contribution in [3.05, 3.63) is 51.8 Å². The van der Waals surface area contributed by atoms with Crippen molar-refractivity contribution in [3.63, 3.8) is 0 Å². The third-order valence-corrected chi connectivity index (χ3v) is 5.54. The molecule has 9 heteroatoms. The van der Waals surface area contributed by atoms with Crippen molar-refractivity contribution < 1.29 is 9.18 Å². The van der Waals surface area contributed by atoms with Gasteiger partial charge in [-0.2, -0.15) is 0 Å². The van der Waals surface area contributed by atoms with Gasteiger partial charge in [0, 0.05) is 25.4 Å². The number of amides is 1. The van der Waals surface area contributed by atoms with Crippen LogP contribution in [0, 0.1) is 5.82 Å². The molecule has 30 heavy (non-hydrogen) atoms. The van der Waals surface area contributed by atoms with E-state index in [0.717, 1.165) is 37.8 Å². The number of likely N-dealkylation sites (tertiary alicyclic amines) is 1. The lowest BCUT2D eigenvalue weighted by atomic mass is 9.96. The molecule has 1 aromatic carbocycles. The Morgan fingerprint density at radius 1 is 1.30 bits per heavy atom. The first-order valence-corrected chi connectivity index (χ1v) is 10.4. The van der Waals surface area contributed by atoms with Gasteiger partial charge >= 0.3 is 0 Å². The van der Waals surface area contributed by atoms with Crippen molar-refractivity contribution in [2.24, 2.45) is 0 Å². The van der Waals surface area contributed by atoms with Crippen molar-refractivity contribution >= 4 is 17.1 Å². The van der Waals surface area contributed by atoms with E-state index in [4.69, 9.17) is 0 Å². The molecular formula is C21H25FN6O2. The zero-order chi connectivity index (χ0) is 21.1. The largest absolute Gasteiger partial charge is 0.342 e. The van der Waals surface area contributed by atoms with E-state index in [1.165, 1.54) is 12.1 Å². The SMILES string of the molecule is CCCCC(=O)N1CCC[C@H](c2nc3c(nnn3Cc3ccc(F)cc3)c(=O)[nH]2)C1. The molecule has 2 aromatic heterocycles. The van der Waals surface area contributed by atoms with Gasteiger partial charge < -0.3 is 9.88 Å². The molecular weight excluding hydrogens is 387 g/mol. The van der Waals surface area contributed by atoms with Crippen LogP contribution in [0.2, 0.25) is 0 Å². The second kappa shape index (κ2) is 8.73. The number of H-pyrrole nitrogens is 1. The summed E-state index contributed by atoms with van der Waals surface area (Å²) in [5, 5.41) is 8.03. The molecule has 1 aliphatic rings. The summed E-state index contributed by atoms with van der Waals surface area (Å²) in [7, 11) is 0. The fraction of sp³-hybridized carbons (Fsp3) is 0.476. The Kier molecular flexibility index (Phi) is 5.87. The lowest BCUT2D eigenvalue weighted by Crippen LogP contribution is -2.39. The minimum atomic E-state index is -0.338. The van der Waals surface area contributed by atoms with Crippen LogP contribution >= 0.6 is 0 Å². The minimum absolute atomic E-state index is 0.0319. The number of aromatic amines is 1. The number of rotatable bonds is 6. The topological polar surface area (TPSA) is 96.8 Å². The van der Waals surface area contributed by atoms with Crippen LogP contribution in [-0.2, 0) is 11.3 Å². The number of carbonyl (C=O) groups excluding carboxylic acids is 1. The van der Waals surface area contributed by atoms with Crippen LogP contribution < -0.4 is 5.56 Å². The van der Waals surface area contributed by atoms with Gasteiger partial charge in [0.1, 0.15) is 11.6 Å². The van der Waals surface area contributed by atoms with Gasteiger partial charge in [-0.05, 0) is 37.0 Å². The molecule has 3 aromatic rings. The molecule has 1 amide bonds. The minimum Gasteiger partial charge on any atom is -0.342 e. The van der Waals surface area contributed by atoms with Gasteiger partial charge in [0.2, 0.25) is 5.91 Å². The lowest BCUT2D eigenvalue weighted by Gasteiger charge is -2.32. The van der Waals surface area contributed by atoms with Gasteiger partial charge in [0.15, 0.2) is 11.2 Å². The van der Waals surface area contributed by atoms with Crippen molar-refractivity contribution in [2.75, 3.05) is 13.1 Å². The van der Waals surface area contributed by atoms with Gasteiger partial charge in [-0.15, -0.1) is 5.10 Å². The number of aromatic nitrogens is 5. The average molecular weight is 412 g/mol. The second-order valence-corrected chi connectivity index (χ2v) is 7.78. The Morgan fingerprint density at radius 3 is 2.87 bits per heavy atom. The van der Waals surface area contributed by atoms with Crippen LogP contribution in [0.3, 0.4) is 0 Å². The molecule has 1 fully saturated rings. The monoisotopic (exact) mass is 412 g/mol. The van der Waals surface area contributed by atoms with Gasteiger partial charge in [0.05, 0.1) is 6.54 Å². The predicted octanol–water partition coefficient (Wildman–Crippen LogP) is 2.60. The van der Waals surface area contributed by atoms with Crippen LogP contribution in [0.5, 0.6) is 0 Å². The summed E-state index contributed by atoms with van der Waals surface area (Å²) in [4.78, 5) is 34.4. The highest BCUT2D eigenvalue weighted by atomic mass is 19.1. The quantitative estimate of drug-likeness (QED) is 0.671. The number of nitrogens with one attached hydrogen (secondary N) is 1. The van der Waals surface area contributed by atoms with Crippen LogP contribution in [0.1, 0.15) is 56.3 Å². The molecule has 1 saturated heterocycles. The third-order valence-electron chi connectivity index (χ3n) is 5.54. The Labute approximate surface area is 173 Å². The number of fused-ring (bicyclic) bond motifs is 1. The third kappa shape index (κ3) is 4.24. The molecule has 3 heterocycles. The molecule has 4 rings (SSSR count). The van der Waals surface area contributed by atoms with Gasteiger partial charge in [-0.3, -0.25) is 9.59 Å². The number of halogens is 1. The Morgan fingerprint density at radius 2 is 2.10 bits per heavy atom. The van der Waals surface area contributed by atoms with Gasteiger partial charge in [-0.1, -0.05) is 30.7 Å². The molecule has 0 bridgehead atoms. The molecule has 1 N–H and O–H groups in total. The highest BCUT2D eigenvalue weighted by molar-refractivity contribution is 5.76. The smallest absolute Gasteiger partial charge is 0.281 e. The van der Waals surface area contributed by atoms with E-state index in [1.807, 2.05) is 4.90 Å². The Bertz CT molecular complexity index is 1090. The van der Waals surface area contributed by atoms with Crippen molar-refractivity contribution in [3.8, 4) is 0 Å². The Hall–Kier alpha value is -3.10. The highest BCUT2D eigenvalue weighted by Gasteiger charge is 2.27. The molecule has 1 aliphatic heterocycles. The summed E-state index contributed by atoms with van der Waals surface area (Å²) in [6.07, 6.45) is 4.15. The van der Waals surface area contributed by atoms with Crippen LogP contribution in [-0.4, -0.2) is 48.9 Å².